The lowest BCUT2D eigenvalue weighted by Gasteiger charge is -2.23. The van der Waals surface area contributed by atoms with Crippen LogP contribution in [0.25, 0.3) is 0 Å². The molecule has 2 aliphatic rings. The van der Waals surface area contributed by atoms with E-state index >= 15 is 0 Å². The fourth-order valence-electron chi connectivity index (χ4n) is 2.85. The third-order valence-electron chi connectivity index (χ3n) is 4.07. The summed E-state index contributed by atoms with van der Waals surface area (Å²) < 4.78 is 0. The first-order valence-corrected chi connectivity index (χ1v) is 6.24. The van der Waals surface area contributed by atoms with Crippen LogP contribution in [0.3, 0.4) is 0 Å². The van der Waals surface area contributed by atoms with Crippen LogP contribution in [0.1, 0.15) is 32.6 Å². The molecule has 2 rings (SSSR count). The second-order valence-electron chi connectivity index (χ2n) is 5.73. The highest BCUT2D eigenvalue weighted by Gasteiger charge is 2.45. The largest absolute Gasteiger partial charge is 0.393 e. The van der Waals surface area contributed by atoms with Crippen LogP contribution in [0, 0.1) is 16.7 Å². The van der Waals surface area contributed by atoms with Gasteiger partial charge in [-0.3, -0.25) is 5.41 Å². The van der Waals surface area contributed by atoms with Gasteiger partial charge in [-0.1, -0.05) is 0 Å². The van der Waals surface area contributed by atoms with E-state index in [0.29, 0.717) is 17.2 Å². The molecule has 0 aromatic carbocycles. The minimum atomic E-state index is -0.187. The molecule has 2 unspecified atom stereocenters. The Kier molecular flexibility index (Phi) is 3.22. The van der Waals surface area contributed by atoms with E-state index in [4.69, 9.17) is 11.1 Å². The molecular formula is C12H23N3O. The van der Waals surface area contributed by atoms with Gasteiger partial charge in [0.1, 0.15) is 0 Å². The van der Waals surface area contributed by atoms with E-state index in [1.165, 1.54) is 12.8 Å². The SMILES string of the molecule is CC(O)C1CCN(CC2(CC(=N)N)CC2)C1. The summed E-state index contributed by atoms with van der Waals surface area (Å²) >= 11 is 0. The van der Waals surface area contributed by atoms with Crippen molar-refractivity contribution < 1.29 is 5.11 Å². The number of aliphatic hydroxyl groups excluding tert-OH is 1. The third kappa shape index (κ3) is 2.74. The number of likely N-dealkylation sites (tertiary alicyclic amines) is 1. The number of hydrogen-bond acceptors (Lipinski definition) is 3. The van der Waals surface area contributed by atoms with Gasteiger partial charge in [0.25, 0.3) is 0 Å². The molecule has 16 heavy (non-hydrogen) atoms. The van der Waals surface area contributed by atoms with Crippen LogP contribution in [0.2, 0.25) is 0 Å². The second-order valence-corrected chi connectivity index (χ2v) is 5.73. The Morgan fingerprint density at radius 3 is 2.75 bits per heavy atom. The zero-order valence-electron chi connectivity index (χ0n) is 10.1. The first kappa shape index (κ1) is 11.9. The van der Waals surface area contributed by atoms with Gasteiger partial charge in [0.15, 0.2) is 0 Å². The summed E-state index contributed by atoms with van der Waals surface area (Å²) in [4.78, 5) is 2.44. The molecule has 92 valence electrons. The van der Waals surface area contributed by atoms with Crippen LogP contribution in [-0.4, -0.2) is 41.6 Å². The molecule has 0 amide bonds. The Labute approximate surface area is 97.3 Å². The quantitative estimate of drug-likeness (QED) is 0.478. The zero-order valence-corrected chi connectivity index (χ0v) is 10.1. The Bertz CT molecular complexity index is 273. The maximum absolute atomic E-state index is 9.55. The number of aliphatic hydroxyl groups is 1. The van der Waals surface area contributed by atoms with Crippen LogP contribution in [0.4, 0.5) is 0 Å². The maximum Gasteiger partial charge on any atom is 0.0911 e. The normalized spacial score (nSPS) is 30.2. The average molecular weight is 225 g/mol. The Balaban J connectivity index is 1.81. The van der Waals surface area contributed by atoms with Gasteiger partial charge in [0.2, 0.25) is 0 Å². The molecule has 1 saturated carbocycles. The van der Waals surface area contributed by atoms with E-state index < -0.39 is 0 Å². The first-order chi connectivity index (χ1) is 7.51. The lowest BCUT2D eigenvalue weighted by Crippen LogP contribution is -2.32. The standard InChI is InChI=1S/C12H23N3O/c1-9(16)10-2-5-15(7-10)8-12(3-4-12)6-11(13)14/h9-10,16H,2-8H2,1H3,(H3,13,14). The summed E-state index contributed by atoms with van der Waals surface area (Å²) in [5.74, 6) is 0.761. The molecule has 2 atom stereocenters. The molecule has 1 aliphatic carbocycles. The van der Waals surface area contributed by atoms with E-state index in [2.05, 4.69) is 4.90 Å². The molecule has 0 radical (unpaired) electrons. The van der Waals surface area contributed by atoms with Crippen LogP contribution in [0.5, 0.6) is 0 Å². The molecule has 2 fully saturated rings. The van der Waals surface area contributed by atoms with Crippen LogP contribution >= 0.6 is 0 Å². The van der Waals surface area contributed by atoms with Crippen LogP contribution < -0.4 is 5.73 Å². The fourth-order valence-corrected chi connectivity index (χ4v) is 2.85. The monoisotopic (exact) mass is 225 g/mol. The van der Waals surface area contributed by atoms with Crippen molar-refractivity contribution in [2.24, 2.45) is 17.1 Å². The van der Waals surface area contributed by atoms with Crippen molar-refractivity contribution >= 4 is 5.84 Å². The summed E-state index contributed by atoms with van der Waals surface area (Å²) in [7, 11) is 0. The molecule has 1 saturated heterocycles. The van der Waals surface area contributed by atoms with E-state index in [0.717, 1.165) is 32.5 Å². The zero-order chi connectivity index (χ0) is 11.8. The summed E-state index contributed by atoms with van der Waals surface area (Å²) in [6.45, 7) is 5.05. The van der Waals surface area contributed by atoms with Gasteiger partial charge < -0.3 is 15.7 Å². The molecule has 4 heteroatoms. The van der Waals surface area contributed by atoms with Gasteiger partial charge in [-0.2, -0.15) is 0 Å². The average Bonchev–Trinajstić information content (AvgIpc) is 2.75. The highest BCUT2D eigenvalue weighted by atomic mass is 16.3. The summed E-state index contributed by atoms with van der Waals surface area (Å²) in [5, 5.41) is 16.9. The van der Waals surface area contributed by atoms with Crippen molar-refractivity contribution in [1.82, 2.24) is 4.90 Å². The summed E-state index contributed by atoms with van der Waals surface area (Å²) in [5.41, 5.74) is 5.80. The number of nitrogens with one attached hydrogen (secondary N) is 1. The van der Waals surface area contributed by atoms with Crippen molar-refractivity contribution in [3.05, 3.63) is 0 Å². The van der Waals surface area contributed by atoms with Crippen LogP contribution in [-0.2, 0) is 0 Å². The minimum Gasteiger partial charge on any atom is -0.393 e. The van der Waals surface area contributed by atoms with Gasteiger partial charge >= 0.3 is 0 Å². The van der Waals surface area contributed by atoms with Crippen molar-refractivity contribution in [2.75, 3.05) is 19.6 Å². The molecule has 1 aliphatic heterocycles. The molecule has 0 aromatic heterocycles. The lowest BCUT2D eigenvalue weighted by molar-refractivity contribution is 0.125. The van der Waals surface area contributed by atoms with Gasteiger partial charge in [-0.25, -0.2) is 0 Å². The number of amidine groups is 1. The highest BCUT2D eigenvalue weighted by molar-refractivity contribution is 5.78. The number of rotatable bonds is 5. The predicted octanol–water partition coefficient (Wildman–Crippen LogP) is 0.795. The molecule has 0 aromatic rings. The van der Waals surface area contributed by atoms with Gasteiger partial charge in [-0.15, -0.1) is 0 Å². The fraction of sp³-hybridized carbons (Fsp3) is 0.917. The Morgan fingerprint density at radius 1 is 1.62 bits per heavy atom. The topological polar surface area (TPSA) is 73.3 Å². The molecule has 4 N–H and O–H groups in total. The summed E-state index contributed by atoms with van der Waals surface area (Å²) in [6, 6.07) is 0. The maximum atomic E-state index is 9.55. The van der Waals surface area contributed by atoms with Gasteiger partial charge in [0, 0.05) is 19.5 Å². The molecule has 0 spiro atoms. The first-order valence-electron chi connectivity index (χ1n) is 6.24. The minimum absolute atomic E-state index is 0.187. The van der Waals surface area contributed by atoms with Crippen molar-refractivity contribution in [2.45, 2.75) is 38.7 Å². The number of nitrogens with two attached hydrogens (primary N) is 1. The molecular weight excluding hydrogens is 202 g/mol. The lowest BCUT2D eigenvalue weighted by atomic mass is 10.0. The van der Waals surface area contributed by atoms with Crippen molar-refractivity contribution in [1.29, 1.82) is 5.41 Å². The smallest absolute Gasteiger partial charge is 0.0911 e. The molecule has 1 heterocycles. The van der Waals surface area contributed by atoms with E-state index in [9.17, 15) is 5.11 Å². The highest BCUT2D eigenvalue weighted by Crippen LogP contribution is 2.49. The third-order valence-corrected chi connectivity index (χ3v) is 4.07. The Hall–Kier alpha value is -0.610. The van der Waals surface area contributed by atoms with Gasteiger partial charge in [0.05, 0.1) is 11.9 Å². The van der Waals surface area contributed by atoms with E-state index in [1.807, 2.05) is 6.92 Å². The summed E-state index contributed by atoms with van der Waals surface area (Å²) in [6.07, 6.45) is 4.09. The Morgan fingerprint density at radius 2 is 2.31 bits per heavy atom. The van der Waals surface area contributed by atoms with Gasteiger partial charge in [-0.05, 0) is 44.1 Å². The van der Waals surface area contributed by atoms with Crippen molar-refractivity contribution in [3.63, 3.8) is 0 Å². The molecule has 0 bridgehead atoms. The molecule has 4 nitrogen and oxygen atoms in total. The number of nitrogens with zero attached hydrogens (tertiary/aromatic N) is 1. The second kappa shape index (κ2) is 4.34. The predicted molar refractivity (Wildman–Crippen MR) is 64.4 cm³/mol. The van der Waals surface area contributed by atoms with E-state index in [-0.39, 0.29) is 6.10 Å². The number of hydrogen-bond donors (Lipinski definition) is 3. The van der Waals surface area contributed by atoms with Crippen molar-refractivity contribution in [3.8, 4) is 0 Å². The van der Waals surface area contributed by atoms with E-state index in [1.54, 1.807) is 0 Å². The van der Waals surface area contributed by atoms with Crippen LogP contribution in [0.15, 0.2) is 0 Å².